The topological polar surface area (TPSA) is 64.3 Å². The van der Waals surface area contributed by atoms with Crippen molar-refractivity contribution in [3.05, 3.63) is 41.4 Å². The van der Waals surface area contributed by atoms with Crippen molar-refractivity contribution in [2.24, 2.45) is 5.73 Å². The lowest BCUT2D eigenvalue weighted by atomic mass is 10.0. The van der Waals surface area contributed by atoms with Crippen LogP contribution in [-0.4, -0.2) is 25.1 Å². The van der Waals surface area contributed by atoms with Gasteiger partial charge in [-0.25, -0.2) is 0 Å². The Morgan fingerprint density at radius 3 is 2.95 bits per heavy atom. The first kappa shape index (κ1) is 16.5. The average molecular weight is 297 g/mol. The minimum Gasteiger partial charge on any atom is -0.482 e. The number of nitrogens with one attached hydrogen (secondary N) is 1. The van der Waals surface area contributed by atoms with E-state index < -0.39 is 0 Å². The van der Waals surface area contributed by atoms with Crippen LogP contribution in [0.5, 0.6) is 5.75 Å². The summed E-state index contributed by atoms with van der Waals surface area (Å²) >= 11 is 6.13. The maximum atomic E-state index is 11.4. The predicted molar refractivity (Wildman–Crippen MR) is 82.1 cm³/mol. The van der Waals surface area contributed by atoms with E-state index in [0.717, 1.165) is 18.4 Å². The molecule has 0 aliphatic heterocycles. The monoisotopic (exact) mass is 296 g/mol. The summed E-state index contributed by atoms with van der Waals surface area (Å²) in [6.45, 7) is 5.92. The van der Waals surface area contributed by atoms with Gasteiger partial charge in [-0.05, 0) is 30.5 Å². The molecular weight excluding hydrogens is 276 g/mol. The standard InChI is InChI=1S/C15H21ClN2O2/c1-3-7-18-15(19)10-20-14-6-5-11(9-13(14)16)8-12(17)4-2/h3,5-6,9,12H,1,4,7-8,10,17H2,2H3,(H,18,19). The molecule has 0 aromatic heterocycles. The molecule has 1 atom stereocenters. The van der Waals surface area contributed by atoms with Crippen LogP contribution in [0.1, 0.15) is 18.9 Å². The van der Waals surface area contributed by atoms with Crippen molar-refractivity contribution >= 4 is 17.5 Å². The zero-order valence-electron chi connectivity index (χ0n) is 11.7. The van der Waals surface area contributed by atoms with E-state index >= 15 is 0 Å². The molecule has 1 aromatic rings. The third-order valence-corrected chi connectivity index (χ3v) is 3.12. The van der Waals surface area contributed by atoms with Crippen LogP contribution in [-0.2, 0) is 11.2 Å². The van der Waals surface area contributed by atoms with Gasteiger partial charge in [0.1, 0.15) is 5.75 Å². The Balaban J connectivity index is 2.55. The van der Waals surface area contributed by atoms with E-state index in [0.29, 0.717) is 17.3 Å². The van der Waals surface area contributed by atoms with E-state index in [-0.39, 0.29) is 18.6 Å². The second-order valence-electron chi connectivity index (χ2n) is 4.52. The first-order valence-corrected chi connectivity index (χ1v) is 6.99. The molecule has 0 spiro atoms. The highest BCUT2D eigenvalue weighted by Gasteiger charge is 2.08. The summed E-state index contributed by atoms with van der Waals surface area (Å²) in [5, 5.41) is 3.11. The molecule has 0 radical (unpaired) electrons. The molecular formula is C15H21ClN2O2. The highest BCUT2D eigenvalue weighted by molar-refractivity contribution is 6.32. The van der Waals surface area contributed by atoms with Gasteiger partial charge in [0.25, 0.3) is 5.91 Å². The molecule has 1 aromatic carbocycles. The quantitative estimate of drug-likeness (QED) is 0.724. The molecule has 0 saturated heterocycles. The van der Waals surface area contributed by atoms with Gasteiger partial charge in [-0.15, -0.1) is 6.58 Å². The van der Waals surface area contributed by atoms with Gasteiger partial charge >= 0.3 is 0 Å². The Kier molecular flexibility index (Phi) is 7.12. The van der Waals surface area contributed by atoms with Gasteiger partial charge < -0.3 is 15.8 Å². The third kappa shape index (κ3) is 5.63. The predicted octanol–water partition coefficient (Wildman–Crippen LogP) is 2.30. The zero-order valence-corrected chi connectivity index (χ0v) is 12.5. The molecule has 5 heteroatoms. The lowest BCUT2D eigenvalue weighted by Crippen LogP contribution is -2.28. The summed E-state index contributed by atoms with van der Waals surface area (Å²) < 4.78 is 5.37. The zero-order chi connectivity index (χ0) is 15.0. The molecule has 1 rings (SSSR count). The Hall–Kier alpha value is -1.52. The number of carbonyl (C=O) groups excluding carboxylic acids is 1. The van der Waals surface area contributed by atoms with Crippen molar-refractivity contribution in [2.45, 2.75) is 25.8 Å². The van der Waals surface area contributed by atoms with Gasteiger partial charge in [-0.1, -0.05) is 30.7 Å². The van der Waals surface area contributed by atoms with Crippen LogP contribution in [0.2, 0.25) is 5.02 Å². The summed E-state index contributed by atoms with van der Waals surface area (Å²) in [5.41, 5.74) is 6.97. The van der Waals surface area contributed by atoms with E-state index in [1.54, 1.807) is 12.1 Å². The molecule has 0 aliphatic carbocycles. The van der Waals surface area contributed by atoms with Gasteiger partial charge in [-0.3, -0.25) is 4.79 Å². The second-order valence-corrected chi connectivity index (χ2v) is 4.93. The van der Waals surface area contributed by atoms with Crippen molar-refractivity contribution < 1.29 is 9.53 Å². The molecule has 1 amide bonds. The smallest absolute Gasteiger partial charge is 0.258 e. The number of hydrogen-bond donors (Lipinski definition) is 2. The molecule has 0 bridgehead atoms. The lowest BCUT2D eigenvalue weighted by molar-refractivity contribution is -0.122. The van der Waals surface area contributed by atoms with E-state index in [1.165, 1.54) is 0 Å². The van der Waals surface area contributed by atoms with Crippen LogP contribution in [0.3, 0.4) is 0 Å². The Bertz CT molecular complexity index is 463. The molecule has 0 aliphatic rings. The second kappa shape index (κ2) is 8.61. The summed E-state index contributed by atoms with van der Waals surface area (Å²) in [4.78, 5) is 11.4. The highest BCUT2D eigenvalue weighted by Crippen LogP contribution is 2.26. The molecule has 0 heterocycles. The van der Waals surface area contributed by atoms with Crippen molar-refractivity contribution in [3.8, 4) is 5.75 Å². The van der Waals surface area contributed by atoms with E-state index in [4.69, 9.17) is 22.1 Å². The minimum absolute atomic E-state index is 0.0681. The number of carbonyl (C=O) groups is 1. The fraction of sp³-hybridized carbons (Fsp3) is 0.400. The normalized spacial score (nSPS) is 11.8. The number of nitrogens with two attached hydrogens (primary N) is 1. The SMILES string of the molecule is C=CCNC(=O)COc1ccc(CC(N)CC)cc1Cl. The number of benzene rings is 1. The van der Waals surface area contributed by atoms with E-state index in [1.807, 2.05) is 19.1 Å². The number of rotatable bonds is 8. The summed E-state index contributed by atoms with van der Waals surface area (Å²) in [5.74, 6) is 0.285. The van der Waals surface area contributed by atoms with Gasteiger partial charge in [0.05, 0.1) is 5.02 Å². The van der Waals surface area contributed by atoms with E-state index in [2.05, 4.69) is 11.9 Å². The molecule has 0 fully saturated rings. The molecule has 0 saturated carbocycles. The summed E-state index contributed by atoms with van der Waals surface area (Å²) in [6, 6.07) is 5.63. The first-order valence-electron chi connectivity index (χ1n) is 6.61. The van der Waals surface area contributed by atoms with Crippen LogP contribution in [0.25, 0.3) is 0 Å². The summed E-state index contributed by atoms with van der Waals surface area (Å²) in [7, 11) is 0. The molecule has 4 nitrogen and oxygen atoms in total. The van der Waals surface area contributed by atoms with Gasteiger partial charge in [0, 0.05) is 12.6 Å². The van der Waals surface area contributed by atoms with Gasteiger partial charge in [-0.2, -0.15) is 0 Å². The first-order chi connectivity index (χ1) is 9.56. The number of halogens is 1. The van der Waals surface area contributed by atoms with Crippen LogP contribution in [0.4, 0.5) is 0 Å². The average Bonchev–Trinajstić information content (AvgIpc) is 2.44. The van der Waals surface area contributed by atoms with Crippen molar-refractivity contribution in [2.75, 3.05) is 13.2 Å². The Morgan fingerprint density at radius 1 is 1.60 bits per heavy atom. The highest BCUT2D eigenvalue weighted by atomic mass is 35.5. The number of ether oxygens (including phenoxy) is 1. The van der Waals surface area contributed by atoms with Crippen LogP contribution in [0, 0.1) is 0 Å². The maximum absolute atomic E-state index is 11.4. The van der Waals surface area contributed by atoms with E-state index in [9.17, 15) is 4.79 Å². The van der Waals surface area contributed by atoms with Crippen LogP contribution >= 0.6 is 11.6 Å². The number of amides is 1. The van der Waals surface area contributed by atoms with Crippen LogP contribution in [0.15, 0.2) is 30.9 Å². The van der Waals surface area contributed by atoms with Gasteiger partial charge in [0.15, 0.2) is 6.61 Å². The van der Waals surface area contributed by atoms with Crippen molar-refractivity contribution in [1.82, 2.24) is 5.32 Å². The molecule has 3 N–H and O–H groups in total. The van der Waals surface area contributed by atoms with Crippen LogP contribution < -0.4 is 15.8 Å². The third-order valence-electron chi connectivity index (χ3n) is 2.82. The minimum atomic E-state index is -0.210. The molecule has 110 valence electrons. The maximum Gasteiger partial charge on any atom is 0.258 e. The molecule has 1 unspecified atom stereocenters. The largest absolute Gasteiger partial charge is 0.482 e. The lowest BCUT2D eigenvalue weighted by Gasteiger charge is -2.11. The molecule has 20 heavy (non-hydrogen) atoms. The Labute approximate surface area is 124 Å². The van der Waals surface area contributed by atoms with Gasteiger partial charge in [0.2, 0.25) is 0 Å². The van der Waals surface area contributed by atoms with Crippen molar-refractivity contribution in [1.29, 1.82) is 0 Å². The van der Waals surface area contributed by atoms with Crippen molar-refractivity contribution in [3.63, 3.8) is 0 Å². The fourth-order valence-electron chi connectivity index (χ4n) is 1.62. The fourth-order valence-corrected chi connectivity index (χ4v) is 1.87. The number of hydrogen-bond acceptors (Lipinski definition) is 3. The Morgan fingerprint density at radius 2 is 2.35 bits per heavy atom. The summed E-state index contributed by atoms with van der Waals surface area (Å²) in [6.07, 6.45) is 3.30.